The van der Waals surface area contributed by atoms with Gasteiger partial charge in [-0.15, -0.1) is 11.3 Å². The number of hydrogen-bond acceptors (Lipinski definition) is 5. The third-order valence-corrected chi connectivity index (χ3v) is 7.19. The van der Waals surface area contributed by atoms with E-state index in [1.54, 1.807) is 11.3 Å². The van der Waals surface area contributed by atoms with E-state index < -0.39 is 0 Å². The van der Waals surface area contributed by atoms with E-state index in [1.165, 1.54) is 4.88 Å². The molecule has 6 nitrogen and oxygen atoms in total. The first-order chi connectivity index (χ1) is 17.8. The average molecular weight is 505 g/mol. The fraction of sp³-hybridized carbons (Fsp3) is 0.167. The quantitative estimate of drug-likeness (QED) is 0.213. The van der Waals surface area contributed by atoms with Gasteiger partial charge in [0.1, 0.15) is 5.69 Å². The van der Waals surface area contributed by atoms with Crippen LogP contribution in [-0.2, 0) is 0 Å². The Balaban J connectivity index is 1.36. The summed E-state index contributed by atoms with van der Waals surface area (Å²) in [5.41, 5.74) is 9.12. The number of pyridine rings is 2. The van der Waals surface area contributed by atoms with E-state index >= 15 is 0 Å². The van der Waals surface area contributed by atoms with Gasteiger partial charge in [0.05, 0.1) is 34.8 Å². The molecule has 6 rings (SSSR count). The van der Waals surface area contributed by atoms with Crippen LogP contribution in [0, 0.1) is 5.41 Å². The Morgan fingerprint density at radius 3 is 2.62 bits per heavy atom. The minimum Gasteiger partial charge on any atom is -0.358 e. The molecule has 0 fully saturated rings. The Bertz CT molecular complexity index is 1730. The number of allylic oxidation sites excluding steroid dienone is 1. The predicted molar refractivity (Wildman–Crippen MR) is 155 cm³/mol. The van der Waals surface area contributed by atoms with E-state index in [-0.39, 0.29) is 5.41 Å². The lowest BCUT2D eigenvalue weighted by atomic mass is 9.91. The second-order valence-corrected chi connectivity index (χ2v) is 11.5. The van der Waals surface area contributed by atoms with Gasteiger partial charge in [0, 0.05) is 44.9 Å². The Hall–Kier alpha value is -4.23. The summed E-state index contributed by atoms with van der Waals surface area (Å²) in [5, 5.41) is 15.5. The highest BCUT2D eigenvalue weighted by molar-refractivity contribution is 7.13. The molecule has 0 spiro atoms. The number of benzene rings is 1. The molecule has 0 aliphatic heterocycles. The molecule has 0 atom stereocenters. The van der Waals surface area contributed by atoms with Crippen LogP contribution < -0.4 is 5.32 Å². The summed E-state index contributed by atoms with van der Waals surface area (Å²) in [6.45, 7) is 10.8. The number of fused-ring (bicyclic) bond motifs is 2. The molecule has 0 saturated heterocycles. The number of aromatic nitrogens is 5. The Morgan fingerprint density at radius 1 is 0.946 bits per heavy atom. The summed E-state index contributed by atoms with van der Waals surface area (Å²) < 4.78 is 0. The van der Waals surface area contributed by atoms with Gasteiger partial charge < -0.3 is 10.3 Å². The van der Waals surface area contributed by atoms with E-state index in [0.29, 0.717) is 0 Å². The zero-order valence-electron chi connectivity index (χ0n) is 21.1. The molecule has 0 aliphatic rings. The molecule has 0 radical (unpaired) electrons. The van der Waals surface area contributed by atoms with Gasteiger partial charge in [0.15, 0.2) is 0 Å². The summed E-state index contributed by atoms with van der Waals surface area (Å²) in [7, 11) is 0. The smallest absolute Gasteiger partial charge is 0.116 e. The molecule has 7 heteroatoms. The van der Waals surface area contributed by atoms with Crippen LogP contribution >= 0.6 is 11.3 Å². The number of nitrogens with zero attached hydrogens (tertiary/aromatic N) is 3. The van der Waals surface area contributed by atoms with Gasteiger partial charge in [-0.3, -0.25) is 15.1 Å². The molecule has 1 aromatic carbocycles. The molecule has 5 heterocycles. The average Bonchev–Trinajstić information content (AvgIpc) is 3.61. The monoisotopic (exact) mass is 504 g/mol. The maximum atomic E-state index is 4.67. The van der Waals surface area contributed by atoms with E-state index in [0.717, 1.165) is 67.7 Å². The Labute approximate surface area is 219 Å². The van der Waals surface area contributed by atoms with Gasteiger partial charge in [0.25, 0.3) is 0 Å². The lowest BCUT2D eigenvalue weighted by Crippen LogP contribution is -2.10. The zero-order chi connectivity index (χ0) is 25.6. The SMILES string of the molecule is C=C(CC(C)(C)C)Nc1cncc(-c2ccc3[nH]nc(-c4cc5c(-c6cccs6)cncc5[nH]4)c3c2)c1. The van der Waals surface area contributed by atoms with E-state index in [1.807, 2.05) is 24.8 Å². The molecule has 3 N–H and O–H groups in total. The topological polar surface area (TPSA) is 82.3 Å². The van der Waals surface area contributed by atoms with Crippen LogP contribution in [0.25, 0.3) is 54.8 Å². The van der Waals surface area contributed by atoms with Crippen molar-refractivity contribution in [2.24, 2.45) is 5.41 Å². The number of thiophene rings is 1. The second-order valence-electron chi connectivity index (χ2n) is 10.6. The van der Waals surface area contributed by atoms with Gasteiger partial charge in [-0.05, 0) is 53.1 Å². The lowest BCUT2D eigenvalue weighted by molar-refractivity contribution is 0.411. The number of aromatic amines is 2. The first-order valence-corrected chi connectivity index (χ1v) is 13.1. The Morgan fingerprint density at radius 2 is 1.81 bits per heavy atom. The summed E-state index contributed by atoms with van der Waals surface area (Å²) in [4.78, 5) is 13.7. The summed E-state index contributed by atoms with van der Waals surface area (Å²) in [6, 6.07) is 14.8. The van der Waals surface area contributed by atoms with Crippen molar-refractivity contribution in [3.63, 3.8) is 0 Å². The van der Waals surface area contributed by atoms with Gasteiger partial charge in [0.2, 0.25) is 0 Å². The van der Waals surface area contributed by atoms with Crippen molar-refractivity contribution < 1.29 is 0 Å². The first kappa shape index (κ1) is 23.2. The minimum absolute atomic E-state index is 0.168. The highest BCUT2D eigenvalue weighted by Crippen LogP contribution is 2.36. The molecule has 0 amide bonds. The molecular weight excluding hydrogens is 476 g/mol. The molecule has 0 saturated carbocycles. The van der Waals surface area contributed by atoms with Crippen LogP contribution in [0.3, 0.4) is 0 Å². The van der Waals surface area contributed by atoms with Crippen molar-refractivity contribution in [1.82, 2.24) is 25.1 Å². The van der Waals surface area contributed by atoms with Crippen molar-refractivity contribution >= 4 is 38.8 Å². The van der Waals surface area contributed by atoms with Gasteiger partial charge >= 0.3 is 0 Å². The molecule has 184 valence electrons. The number of anilines is 1. The second kappa shape index (κ2) is 9.01. The maximum absolute atomic E-state index is 4.67. The largest absolute Gasteiger partial charge is 0.358 e. The number of hydrogen-bond donors (Lipinski definition) is 3. The van der Waals surface area contributed by atoms with E-state index in [9.17, 15) is 0 Å². The van der Waals surface area contributed by atoms with Crippen LogP contribution in [0.5, 0.6) is 0 Å². The van der Waals surface area contributed by atoms with Gasteiger partial charge in [-0.25, -0.2) is 0 Å². The molecular formula is C30H28N6S. The van der Waals surface area contributed by atoms with Crippen molar-refractivity contribution in [2.45, 2.75) is 27.2 Å². The van der Waals surface area contributed by atoms with Crippen LogP contribution in [0.1, 0.15) is 27.2 Å². The maximum Gasteiger partial charge on any atom is 0.116 e. The summed E-state index contributed by atoms with van der Waals surface area (Å²) >= 11 is 1.71. The number of H-pyrrole nitrogens is 2. The molecule has 0 unspecified atom stereocenters. The molecule has 37 heavy (non-hydrogen) atoms. The van der Waals surface area contributed by atoms with Crippen molar-refractivity contribution in [1.29, 1.82) is 0 Å². The van der Waals surface area contributed by atoms with Crippen LogP contribution in [0.2, 0.25) is 0 Å². The Kier molecular flexibility index (Phi) is 5.65. The molecule has 0 aliphatic carbocycles. The normalized spacial score (nSPS) is 11.9. The lowest BCUT2D eigenvalue weighted by Gasteiger charge is -2.20. The van der Waals surface area contributed by atoms with Gasteiger partial charge in [-0.2, -0.15) is 5.10 Å². The van der Waals surface area contributed by atoms with E-state index in [2.05, 4.69) is 106 Å². The molecule has 5 aromatic heterocycles. The standard InChI is InChI=1S/C30H28N6S/c1-18(13-30(2,3)4)33-21-10-20(14-31-15-21)19-7-8-25-23(11-19)29(36-35-25)26-12-22-24(28-6-5-9-37-28)16-32-17-27(22)34-26/h5-12,14-17,33-34H,1,13H2,2-4H3,(H,35,36). The van der Waals surface area contributed by atoms with Crippen molar-refractivity contribution in [3.8, 4) is 33.0 Å². The van der Waals surface area contributed by atoms with E-state index in [4.69, 9.17) is 0 Å². The van der Waals surface area contributed by atoms with Crippen molar-refractivity contribution in [2.75, 3.05) is 5.32 Å². The van der Waals surface area contributed by atoms with Crippen molar-refractivity contribution in [3.05, 3.63) is 84.9 Å². The minimum atomic E-state index is 0.168. The van der Waals surface area contributed by atoms with Crippen LogP contribution in [0.15, 0.2) is 84.9 Å². The predicted octanol–water partition coefficient (Wildman–Crippen LogP) is 8.26. The fourth-order valence-electron chi connectivity index (χ4n) is 4.76. The third kappa shape index (κ3) is 4.66. The molecule has 6 aromatic rings. The fourth-order valence-corrected chi connectivity index (χ4v) is 5.51. The third-order valence-electron chi connectivity index (χ3n) is 6.29. The summed E-state index contributed by atoms with van der Waals surface area (Å²) in [5.74, 6) is 0. The highest BCUT2D eigenvalue weighted by Gasteiger charge is 2.16. The highest BCUT2D eigenvalue weighted by atomic mass is 32.1. The first-order valence-electron chi connectivity index (χ1n) is 12.2. The number of nitrogens with one attached hydrogen (secondary N) is 3. The van der Waals surface area contributed by atoms with Crippen LogP contribution in [-0.4, -0.2) is 25.1 Å². The summed E-state index contributed by atoms with van der Waals surface area (Å²) in [6.07, 6.45) is 8.41. The molecule has 0 bridgehead atoms. The van der Waals surface area contributed by atoms with Gasteiger partial charge in [-0.1, -0.05) is 39.5 Å². The zero-order valence-corrected chi connectivity index (χ0v) is 21.9. The number of rotatable bonds is 6. The van der Waals surface area contributed by atoms with Crippen LogP contribution in [0.4, 0.5) is 5.69 Å².